The van der Waals surface area contributed by atoms with Gasteiger partial charge in [-0.05, 0) is 52.6 Å². The molecule has 0 aliphatic heterocycles. The first-order valence-electron chi connectivity index (χ1n) is 17.0. The smallest absolute Gasteiger partial charge is 0.246 e. The number of para-hydroxylation sites is 3. The van der Waals surface area contributed by atoms with Crippen LogP contribution in [-0.2, 0) is 0 Å². The monoisotopic (exact) mass is 670 g/mol. The quantitative estimate of drug-likeness (QED) is 0.187. The SMILES string of the molecule is c1cc(-c2cccc3c2oc2ccccc23)cc(-c2cccc3c2oc2nc(-c4cccc(-c5cccc6c5sc5ccccc56)c4)cnc23)c1. The minimum atomic E-state index is 0.523. The second-order valence-corrected chi connectivity index (χ2v) is 14.0. The van der Waals surface area contributed by atoms with Gasteiger partial charge in [0.25, 0.3) is 0 Å². The molecule has 0 bridgehead atoms. The Morgan fingerprint density at radius 3 is 1.86 bits per heavy atom. The van der Waals surface area contributed by atoms with Crippen molar-refractivity contribution in [3.8, 4) is 44.6 Å². The number of fused-ring (bicyclic) bond motifs is 9. The van der Waals surface area contributed by atoms with Crippen LogP contribution in [0.1, 0.15) is 0 Å². The van der Waals surface area contributed by atoms with E-state index in [2.05, 4.69) is 140 Å². The van der Waals surface area contributed by atoms with E-state index in [0.717, 1.165) is 77.5 Å². The molecule has 0 fully saturated rings. The fourth-order valence-corrected chi connectivity index (χ4v) is 8.81. The maximum atomic E-state index is 6.57. The van der Waals surface area contributed by atoms with E-state index in [4.69, 9.17) is 18.8 Å². The fourth-order valence-electron chi connectivity index (χ4n) is 7.57. The molecule has 238 valence electrons. The van der Waals surface area contributed by atoms with Gasteiger partial charge in [0.1, 0.15) is 22.3 Å². The van der Waals surface area contributed by atoms with Gasteiger partial charge in [-0.25, -0.2) is 9.97 Å². The van der Waals surface area contributed by atoms with Crippen molar-refractivity contribution in [3.63, 3.8) is 0 Å². The molecule has 0 aliphatic carbocycles. The highest BCUT2D eigenvalue weighted by atomic mass is 32.1. The van der Waals surface area contributed by atoms with Crippen LogP contribution in [-0.4, -0.2) is 9.97 Å². The predicted molar refractivity (Wildman–Crippen MR) is 211 cm³/mol. The summed E-state index contributed by atoms with van der Waals surface area (Å²) >= 11 is 1.84. The highest BCUT2D eigenvalue weighted by molar-refractivity contribution is 7.26. The first-order valence-corrected chi connectivity index (χ1v) is 17.8. The van der Waals surface area contributed by atoms with Crippen LogP contribution in [0.2, 0.25) is 0 Å². The molecule has 4 nitrogen and oxygen atoms in total. The van der Waals surface area contributed by atoms with Gasteiger partial charge in [-0.3, -0.25) is 0 Å². The molecule has 7 aromatic carbocycles. The zero-order valence-corrected chi connectivity index (χ0v) is 27.9. The van der Waals surface area contributed by atoms with Gasteiger partial charge < -0.3 is 8.83 Å². The lowest BCUT2D eigenvalue weighted by atomic mass is 9.97. The van der Waals surface area contributed by atoms with Crippen LogP contribution in [0.5, 0.6) is 0 Å². The van der Waals surface area contributed by atoms with Crippen LogP contribution >= 0.6 is 11.3 Å². The molecule has 0 amide bonds. The third-order valence-corrected chi connectivity index (χ3v) is 11.2. The van der Waals surface area contributed by atoms with Gasteiger partial charge in [-0.2, -0.15) is 0 Å². The van der Waals surface area contributed by atoms with Gasteiger partial charge in [0.15, 0.2) is 0 Å². The number of benzene rings is 7. The summed E-state index contributed by atoms with van der Waals surface area (Å²) in [4.78, 5) is 9.95. The van der Waals surface area contributed by atoms with Crippen molar-refractivity contribution in [2.24, 2.45) is 0 Å². The predicted octanol–water partition coefficient (Wildman–Crippen LogP) is 13.3. The highest BCUT2D eigenvalue weighted by Gasteiger charge is 2.18. The number of nitrogens with zero attached hydrogens (tertiary/aromatic N) is 2. The maximum absolute atomic E-state index is 6.57. The summed E-state index contributed by atoms with van der Waals surface area (Å²) in [6.07, 6.45) is 1.86. The Hall–Kier alpha value is -6.56. The van der Waals surface area contributed by atoms with Crippen LogP contribution in [0.4, 0.5) is 0 Å². The number of hydrogen-bond donors (Lipinski definition) is 0. The number of hydrogen-bond acceptors (Lipinski definition) is 5. The second-order valence-electron chi connectivity index (χ2n) is 12.9. The van der Waals surface area contributed by atoms with Crippen molar-refractivity contribution in [3.05, 3.63) is 158 Å². The van der Waals surface area contributed by atoms with Crippen molar-refractivity contribution in [2.75, 3.05) is 0 Å². The fraction of sp³-hybridized carbons (Fsp3) is 0. The van der Waals surface area contributed by atoms with E-state index >= 15 is 0 Å². The van der Waals surface area contributed by atoms with E-state index in [0.29, 0.717) is 5.71 Å². The largest absolute Gasteiger partial charge is 0.455 e. The van der Waals surface area contributed by atoms with Gasteiger partial charge in [-0.1, -0.05) is 121 Å². The first-order chi connectivity index (χ1) is 25.3. The molecular weight excluding hydrogens is 645 g/mol. The van der Waals surface area contributed by atoms with Gasteiger partial charge in [-0.15, -0.1) is 11.3 Å². The summed E-state index contributed by atoms with van der Waals surface area (Å²) in [7, 11) is 0. The lowest BCUT2D eigenvalue weighted by Crippen LogP contribution is -1.87. The molecule has 0 radical (unpaired) electrons. The van der Waals surface area contributed by atoms with E-state index in [9.17, 15) is 0 Å². The maximum Gasteiger partial charge on any atom is 0.246 e. The summed E-state index contributed by atoms with van der Waals surface area (Å²) in [5, 5.41) is 5.76. The van der Waals surface area contributed by atoms with Gasteiger partial charge in [0.2, 0.25) is 5.71 Å². The molecule has 0 N–H and O–H groups in total. The first kappa shape index (κ1) is 28.3. The number of rotatable bonds is 4. The average Bonchev–Trinajstić information content (AvgIpc) is 3.89. The van der Waals surface area contributed by atoms with Crippen molar-refractivity contribution < 1.29 is 8.83 Å². The molecule has 0 aliphatic rings. The molecule has 4 heterocycles. The summed E-state index contributed by atoms with van der Waals surface area (Å²) in [5.74, 6) is 0. The Bertz CT molecular complexity index is 3170. The topological polar surface area (TPSA) is 52.1 Å². The molecule has 5 heteroatoms. The molecule has 11 rings (SSSR count). The van der Waals surface area contributed by atoms with Crippen molar-refractivity contribution >= 4 is 75.6 Å². The summed E-state index contributed by atoms with van der Waals surface area (Å²) in [5.41, 5.74) is 12.1. The van der Waals surface area contributed by atoms with Gasteiger partial charge >= 0.3 is 0 Å². The summed E-state index contributed by atoms with van der Waals surface area (Å²) in [6.45, 7) is 0. The Labute approximate surface area is 295 Å². The minimum absolute atomic E-state index is 0.523. The van der Waals surface area contributed by atoms with E-state index in [1.54, 1.807) is 0 Å². The Morgan fingerprint density at radius 2 is 1.04 bits per heavy atom. The van der Waals surface area contributed by atoms with Crippen LogP contribution in [0.15, 0.2) is 167 Å². The van der Waals surface area contributed by atoms with Crippen molar-refractivity contribution in [2.45, 2.75) is 0 Å². The lowest BCUT2D eigenvalue weighted by molar-refractivity contribution is 0.654. The number of furan rings is 2. The lowest BCUT2D eigenvalue weighted by Gasteiger charge is -2.07. The molecular formula is C46H26N2O2S. The number of aromatic nitrogens is 2. The Morgan fingerprint density at radius 1 is 0.451 bits per heavy atom. The van der Waals surface area contributed by atoms with E-state index < -0.39 is 0 Å². The average molecular weight is 671 g/mol. The molecule has 0 atom stereocenters. The molecule has 51 heavy (non-hydrogen) atoms. The van der Waals surface area contributed by atoms with Crippen LogP contribution in [0.3, 0.4) is 0 Å². The summed E-state index contributed by atoms with van der Waals surface area (Å²) in [6, 6.07) is 53.1. The standard InChI is InChI=1S/C46H26N2O2S/c1-3-22-40-34(14-1)36-19-7-16-31(43(36)49-40)27-10-5-11-28(24-27)32-17-8-21-38-42-46(50-44(32)38)48-39(26-47-42)30-13-6-12-29(25-30)33-18-9-20-37-35-15-2-4-23-41(35)51-45(33)37/h1-26H. The molecule has 0 spiro atoms. The second kappa shape index (κ2) is 11.0. The van der Waals surface area contributed by atoms with Crippen LogP contribution < -0.4 is 0 Å². The van der Waals surface area contributed by atoms with Crippen molar-refractivity contribution in [1.82, 2.24) is 9.97 Å². The van der Waals surface area contributed by atoms with Crippen LogP contribution in [0.25, 0.3) is 109 Å². The Balaban J connectivity index is 1.000. The third-order valence-electron chi connectivity index (χ3n) is 9.97. The highest BCUT2D eigenvalue weighted by Crippen LogP contribution is 2.42. The number of thiophene rings is 1. The van der Waals surface area contributed by atoms with Crippen molar-refractivity contribution in [1.29, 1.82) is 0 Å². The van der Waals surface area contributed by atoms with E-state index in [-0.39, 0.29) is 0 Å². The van der Waals surface area contributed by atoms with Gasteiger partial charge in [0.05, 0.1) is 11.9 Å². The zero-order valence-electron chi connectivity index (χ0n) is 27.1. The van der Waals surface area contributed by atoms with E-state index in [1.165, 1.54) is 25.7 Å². The minimum Gasteiger partial charge on any atom is -0.455 e. The molecule has 0 saturated carbocycles. The zero-order chi connectivity index (χ0) is 33.5. The van der Waals surface area contributed by atoms with Crippen LogP contribution in [0, 0.1) is 0 Å². The molecule has 11 aromatic rings. The van der Waals surface area contributed by atoms with Gasteiger partial charge in [0, 0.05) is 53.0 Å². The third kappa shape index (κ3) is 4.38. The normalized spacial score (nSPS) is 11.9. The molecule has 4 aromatic heterocycles. The molecule has 0 unspecified atom stereocenters. The summed E-state index contributed by atoms with van der Waals surface area (Å²) < 4.78 is 15.5. The Kier molecular flexibility index (Phi) is 6.09. The van der Waals surface area contributed by atoms with E-state index in [1.807, 2.05) is 29.7 Å². The molecule has 0 saturated heterocycles.